The van der Waals surface area contributed by atoms with Crippen molar-refractivity contribution < 1.29 is 4.74 Å². The Labute approximate surface area is 94.0 Å². The van der Waals surface area contributed by atoms with Crippen molar-refractivity contribution >= 4 is 11.0 Å². The maximum absolute atomic E-state index is 5.60. The molecule has 0 aliphatic carbocycles. The highest BCUT2D eigenvalue weighted by Gasteiger charge is 2.37. The van der Waals surface area contributed by atoms with E-state index in [1.54, 1.807) is 13.3 Å². The first-order chi connectivity index (χ1) is 7.83. The van der Waals surface area contributed by atoms with Crippen LogP contribution in [0.3, 0.4) is 0 Å². The van der Waals surface area contributed by atoms with Crippen LogP contribution in [0.4, 0.5) is 0 Å². The summed E-state index contributed by atoms with van der Waals surface area (Å²) in [6.45, 7) is 1.85. The van der Waals surface area contributed by atoms with Crippen molar-refractivity contribution in [1.29, 1.82) is 0 Å². The van der Waals surface area contributed by atoms with Gasteiger partial charge in [0.2, 0.25) is 0 Å². The summed E-state index contributed by atoms with van der Waals surface area (Å²) >= 11 is 0. The molecule has 16 heavy (non-hydrogen) atoms. The number of aromatic nitrogens is 2. The van der Waals surface area contributed by atoms with E-state index in [9.17, 15) is 0 Å². The van der Waals surface area contributed by atoms with Crippen LogP contribution in [0.5, 0.6) is 0 Å². The van der Waals surface area contributed by atoms with Gasteiger partial charge in [0.1, 0.15) is 5.65 Å². The monoisotopic (exact) mass is 217 g/mol. The molecule has 4 heteroatoms. The molecule has 1 fully saturated rings. The molecule has 3 heterocycles. The van der Waals surface area contributed by atoms with Gasteiger partial charge in [0.05, 0.1) is 5.60 Å². The molecule has 2 aromatic rings. The van der Waals surface area contributed by atoms with E-state index in [1.807, 2.05) is 12.3 Å². The third-order valence-corrected chi connectivity index (χ3v) is 3.38. The predicted octanol–water partition coefficient (Wildman–Crippen LogP) is 1.09. The van der Waals surface area contributed by atoms with Gasteiger partial charge in [-0.15, -0.1) is 0 Å². The van der Waals surface area contributed by atoms with Crippen LogP contribution in [-0.2, 0) is 11.2 Å². The van der Waals surface area contributed by atoms with Gasteiger partial charge < -0.3 is 15.0 Å². The Bertz CT molecular complexity index is 496. The third-order valence-electron chi connectivity index (χ3n) is 3.38. The summed E-state index contributed by atoms with van der Waals surface area (Å²) in [5.41, 5.74) is 2.22. The first-order valence-corrected chi connectivity index (χ1v) is 5.50. The minimum Gasteiger partial charge on any atom is -0.375 e. The zero-order valence-corrected chi connectivity index (χ0v) is 9.29. The average Bonchev–Trinajstić information content (AvgIpc) is 2.67. The summed E-state index contributed by atoms with van der Waals surface area (Å²) < 4.78 is 5.60. The summed E-state index contributed by atoms with van der Waals surface area (Å²) in [5, 5.41) is 4.46. The molecule has 1 aliphatic heterocycles. The Morgan fingerprint density at radius 1 is 1.50 bits per heavy atom. The number of fused-ring (bicyclic) bond motifs is 1. The van der Waals surface area contributed by atoms with E-state index in [4.69, 9.17) is 4.74 Å². The van der Waals surface area contributed by atoms with Gasteiger partial charge in [-0.1, -0.05) is 0 Å². The lowest BCUT2D eigenvalue weighted by Crippen LogP contribution is -2.61. The second kappa shape index (κ2) is 3.57. The maximum Gasteiger partial charge on any atom is 0.137 e. The van der Waals surface area contributed by atoms with Gasteiger partial charge in [-0.2, -0.15) is 0 Å². The first kappa shape index (κ1) is 9.81. The number of hydrogen-bond acceptors (Lipinski definition) is 3. The molecule has 0 aromatic carbocycles. The summed E-state index contributed by atoms with van der Waals surface area (Å²) in [4.78, 5) is 7.49. The Kier molecular flexibility index (Phi) is 2.19. The predicted molar refractivity (Wildman–Crippen MR) is 62.4 cm³/mol. The molecule has 0 saturated carbocycles. The highest BCUT2D eigenvalue weighted by atomic mass is 16.5. The molecule has 3 rings (SSSR count). The highest BCUT2D eigenvalue weighted by Crippen LogP contribution is 2.25. The smallest absolute Gasteiger partial charge is 0.137 e. The lowest BCUT2D eigenvalue weighted by molar-refractivity contribution is -0.0500. The Hall–Kier alpha value is -1.39. The van der Waals surface area contributed by atoms with Crippen LogP contribution in [0.2, 0.25) is 0 Å². The minimum atomic E-state index is -0.0229. The standard InChI is InChI=1S/C12H15N3O/c1-16-12(7-13-8-12)5-9-6-15-11-10(9)3-2-4-14-11/h2-4,6,13H,5,7-8H2,1H3,(H,14,15). The van der Waals surface area contributed by atoms with E-state index in [2.05, 4.69) is 21.4 Å². The molecular weight excluding hydrogens is 202 g/mol. The molecule has 84 valence electrons. The second-order valence-electron chi connectivity index (χ2n) is 4.38. The zero-order valence-electron chi connectivity index (χ0n) is 9.29. The zero-order chi connectivity index (χ0) is 11.0. The Balaban J connectivity index is 1.94. The number of rotatable bonds is 3. The fraction of sp³-hybridized carbons (Fsp3) is 0.417. The van der Waals surface area contributed by atoms with E-state index >= 15 is 0 Å². The quantitative estimate of drug-likeness (QED) is 0.809. The molecule has 0 spiro atoms. The van der Waals surface area contributed by atoms with Gasteiger partial charge in [-0.3, -0.25) is 0 Å². The molecule has 0 amide bonds. The summed E-state index contributed by atoms with van der Waals surface area (Å²) in [6, 6.07) is 4.07. The average molecular weight is 217 g/mol. The number of hydrogen-bond donors (Lipinski definition) is 2. The number of H-pyrrole nitrogens is 1. The molecule has 0 radical (unpaired) electrons. The molecule has 0 bridgehead atoms. The number of nitrogens with one attached hydrogen (secondary N) is 2. The second-order valence-corrected chi connectivity index (χ2v) is 4.38. The SMILES string of the molecule is COC1(Cc2c[nH]c3ncccc23)CNC1. The molecule has 1 saturated heterocycles. The van der Waals surface area contributed by atoms with Gasteiger partial charge in [-0.25, -0.2) is 4.98 Å². The summed E-state index contributed by atoms with van der Waals surface area (Å²) in [7, 11) is 1.79. The van der Waals surface area contributed by atoms with Crippen molar-refractivity contribution in [2.75, 3.05) is 20.2 Å². The summed E-state index contributed by atoms with van der Waals surface area (Å²) in [5.74, 6) is 0. The van der Waals surface area contributed by atoms with Gasteiger partial charge in [-0.05, 0) is 17.7 Å². The maximum atomic E-state index is 5.60. The largest absolute Gasteiger partial charge is 0.375 e. The first-order valence-electron chi connectivity index (χ1n) is 5.50. The number of aromatic amines is 1. The Morgan fingerprint density at radius 3 is 3.06 bits per heavy atom. The molecule has 2 N–H and O–H groups in total. The number of nitrogens with zero attached hydrogens (tertiary/aromatic N) is 1. The fourth-order valence-corrected chi connectivity index (χ4v) is 2.25. The van der Waals surface area contributed by atoms with Gasteiger partial charge >= 0.3 is 0 Å². The van der Waals surface area contributed by atoms with Crippen molar-refractivity contribution in [2.45, 2.75) is 12.0 Å². The van der Waals surface area contributed by atoms with Crippen LogP contribution in [0, 0.1) is 0 Å². The van der Waals surface area contributed by atoms with Crippen LogP contribution in [-0.4, -0.2) is 35.8 Å². The lowest BCUT2D eigenvalue weighted by Gasteiger charge is -2.41. The van der Waals surface area contributed by atoms with Crippen molar-refractivity contribution in [3.8, 4) is 0 Å². The van der Waals surface area contributed by atoms with Gasteiger partial charge in [0.15, 0.2) is 0 Å². The molecular formula is C12H15N3O. The van der Waals surface area contributed by atoms with Crippen LogP contribution in [0.25, 0.3) is 11.0 Å². The van der Waals surface area contributed by atoms with Crippen LogP contribution in [0.15, 0.2) is 24.5 Å². The van der Waals surface area contributed by atoms with Gasteiger partial charge in [0.25, 0.3) is 0 Å². The molecule has 4 nitrogen and oxygen atoms in total. The summed E-state index contributed by atoms with van der Waals surface area (Å²) in [6.07, 6.45) is 4.78. The lowest BCUT2D eigenvalue weighted by atomic mass is 9.89. The highest BCUT2D eigenvalue weighted by molar-refractivity contribution is 5.79. The van der Waals surface area contributed by atoms with Gasteiger partial charge in [0, 0.05) is 44.4 Å². The third kappa shape index (κ3) is 1.42. The number of ether oxygens (including phenoxy) is 1. The Morgan fingerprint density at radius 2 is 2.38 bits per heavy atom. The fourth-order valence-electron chi connectivity index (χ4n) is 2.25. The van der Waals surface area contributed by atoms with E-state index in [0.717, 1.165) is 25.2 Å². The molecule has 2 aromatic heterocycles. The van der Waals surface area contributed by atoms with Crippen molar-refractivity contribution in [3.63, 3.8) is 0 Å². The van der Waals surface area contributed by atoms with E-state index in [-0.39, 0.29) is 5.60 Å². The topological polar surface area (TPSA) is 49.9 Å². The number of methoxy groups -OCH3 is 1. The number of pyridine rings is 1. The van der Waals surface area contributed by atoms with E-state index in [0.29, 0.717) is 0 Å². The van der Waals surface area contributed by atoms with E-state index < -0.39 is 0 Å². The van der Waals surface area contributed by atoms with Crippen LogP contribution >= 0.6 is 0 Å². The van der Waals surface area contributed by atoms with Crippen molar-refractivity contribution in [2.24, 2.45) is 0 Å². The van der Waals surface area contributed by atoms with Crippen LogP contribution in [0.1, 0.15) is 5.56 Å². The van der Waals surface area contributed by atoms with Crippen molar-refractivity contribution in [3.05, 3.63) is 30.1 Å². The van der Waals surface area contributed by atoms with Crippen LogP contribution < -0.4 is 5.32 Å². The van der Waals surface area contributed by atoms with E-state index in [1.165, 1.54) is 10.9 Å². The molecule has 1 aliphatic rings. The normalized spacial score (nSPS) is 18.6. The minimum absolute atomic E-state index is 0.0229. The van der Waals surface area contributed by atoms with Crippen molar-refractivity contribution in [1.82, 2.24) is 15.3 Å². The molecule has 0 unspecified atom stereocenters. The molecule has 0 atom stereocenters.